The average molecular weight is 252 g/mol. The van der Waals surface area contributed by atoms with Crippen molar-refractivity contribution >= 4 is 11.6 Å². The Bertz CT molecular complexity index is 453. The number of rotatable bonds is 4. The molecule has 0 aliphatic heterocycles. The molecule has 2 rings (SSSR count). The number of carbonyl (C=O) groups excluding carboxylic acids is 1. The number of benzene rings is 1. The summed E-state index contributed by atoms with van der Waals surface area (Å²) in [5.74, 6) is -0.196. The van der Waals surface area contributed by atoms with Crippen LogP contribution in [0.3, 0.4) is 0 Å². The summed E-state index contributed by atoms with van der Waals surface area (Å²) in [5, 5.41) is 2.77. The zero-order valence-corrected chi connectivity index (χ0v) is 10.3. The Kier molecular flexibility index (Phi) is 3.52. The van der Waals surface area contributed by atoms with E-state index in [-0.39, 0.29) is 5.91 Å². The molecular formula is C13H17FN2O2. The van der Waals surface area contributed by atoms with Crippen molar-refractivity contribution in [3.8, 4) is 5.75 Å². The maximum Gasteiger partial charge on any atom is 0.231 e. The predicted octanol–water partition coefficient (Wildman–Crippen LogP) is 1.90. The van der Waals surface area contributed by atoms with Crippen LogP contribution < -0.4 is 15.8 Å². The number of halogens is 1. The van der Waals surface area contributed by atoms with E-state index in [0.29, 0.717) is 18.0 Å². The average Bonchev–Trinajstić information content (AvgIpc) is 2.30. The maximum absolute atomic E-state index is 13.0. The molecule has 1 aliphatic rings. The lowest BCUT2D eigenvalue weighted by atomic mass is 9.68. The Balaban J connectivity index is 2.16. The number of carbonyl (C=O) groups is 1. The van der Waals surface area contributed by atoms with E-state index in [9.17, 15) is 9.18 Å². The van der Waals surface area contributed by atoms with Crippen LogP contribution in [0.1, 0.15) is 19.3 Å². The van der Waals surface area contributed by atoms with Crippen molar-refractivity contribution in [3.05, 3.63) is 24.0 Å². The molecule has 1 aliphatic carbocycles. The lowest BCUT2D eigenvalue weighted by Gasteiger charge is -2.39. The fourth-order valence-corrected chi connectivity index (χ4v) is 2.15. The molecule has 3 N–H and O–H groups in total. The molecule has 1 amide bonds. The van der Waals surface area contributed by atoms with Crippen molar-refractivity contribution in [2.45, 2.75) is 19.3 Å². The SMILES string of the molecule is COc1cc(F)ccc1NC(=O)C1(CN)CCC1. The molecule has 98 valence electrons. The Morgan fingerprint density at radius 3 is 2.78 bits per heavy atom. The normalized spacial score (nSPS) is 16.8. The van der Waals surface area contributed by atoms with E-state index in [1.807, 2.05) is 0 Å². The van der Waals surface area contributed by atoms with Crippen molar-refractivity contribution in [2.24, 2.45) is 11.1 Å². The summed E-state index contributed by atoms with van der Waals surface area (Å²) in [6.45, 7) is 0.336. The van der Waals surface area contributed by atoms with E-state index in [4.69, 9.17) is 10.5 Å². The first-order valence-electron chi connectivity index (χ1n) is 5.96. The highest BCUT2D eigenvalue weighted by atomic mass is 19.1. The molecule has 1 saturated carbocycles. The molecular weight excluding hydrogens is 235 g/mol. The van der Waals surface area contributed by atoms with Gasteiger partial charge in [0.05, 0.1) is 18.2 Å². The molecule has 0 aromatic heterocycles. The van der Waals surface area contributed by atoms with Gasteiger partial charge in [-0.05, 0) is 25.0 Å². The molecule has 0 heterocycles. The monoisotopic (exact) mass is 252 g/mol. The number of nitrogens with one attached hydrogen (secondary N) is 1. The molecule has 0 saturated heterocycles. The van der Waals surface area contributed by atoms with Crippen molar-refractivity contribution in [1.29, 1.82) is 0 Å². The summed E-state index contributed by atoms with van der Waals surface area (Å²) >= 11 is 0. The first kappa shape index (κ1) is 12.8. The van der Waals surface area contributed by atoms with Gasteiger partial charge in [-0.2, -0.15) is 0 Å². The van der Waals surface area contributed by atoms with Gasteiger partial charge in [0.2, 0.25) is 5.91 Å². The molecule has 1 fully saturated rings. The summed E-state index contributed by atoms with van der Waals surface area (Å²) < 4.78 is 18.1. The second-order valence-electron chi connectivity index (χ2n) is 4.64. The number of hydrogen-bond acceptors (Lipinski definition) is 3. The number of nitrogens with two attached hydrogens (primary N) is 1. The van der Waals surface area contributed by atoms with E-state index >= 15 is 0 Å². The molecule has 1 aromatic rings. The summed E-state index contributed by atoms with van der Waals surface area (Å²) in [6, 6.07) is 4.02. The molecule has 0 unspecified atom stereocenters. The van der Waals surface area contributed by atoms with Gasteiger partial charge in [-0.25, -0.2) is 4.39 Å². The highest BCUT2D eigenvalue weighted by molar-refractivity contribution is 5.97. The highest BCUT2D eigenvalue weighted by Gasteiger charge is 2.42. The van der Waals surface area contributed by atoms with Crippen LogP contribution in [0.2, 0.25) is 0 Å². The van der Waals surface area contributed by atoms with Crippen LogP contribution in [0, 0.1) is 11.2 Å². The van der Waals surface area contributed by atoms with Crippen molar-refractivity contribution in [1.82, 2.24) is 0 Å². The summed E-state index contributed by atoms with van der Waals surface area (Å²) in [5.41, 5.74) is 5.68. The van der Waals surface area contributed by atoms with E-state index in [0.717, 1.165) is 19.3 Å². The Morgan fingerprint density at radius 2 is 2.28 bits per heavy atom. The zero-order chi connectivity index (χ0) is 13.2. The van der Waals surface area contributed by atoms with Crippen LogP contribution >= 0.6 is 0 Å². The largest absolute Gasteiger partial charge is 0.494 e. The van der Waals surface area contributed by atoms with Crippen molar-refractivity contribution in [2.75, 3.05) is 19.0 Å². The fraction of sp³-hybridized carbons (Fsp3) is 0.462. The van der Waals surface area contributed by atoms with Crippen molar-refractivity contribution in [3.63, 3.8) is 0 Å². The van der Waals surface area contributed by atoms with Gasteiger partial charge in [-0.3, -0.25) is 4.79 Å². The van der Waals surface area contributed by atoms with Crippen LogP contribution in [0.4, 0.5) is 10.1 Å². The van der Waals surface area contributed by atoms with Crippen LogP contribution in [-0.2, 0) is 4.79 Å². The van der Waals surface area contributed by atoms with Crippen LogP contribution in [0.15, 0.2) is 18.2 Å². The van der Waals surface area contributed by atoms with Gasteiger partial charge < -0.3 is 15.8 Å². The minimum atomic E-state index is -0.459. The Morgan fingerprint density at radius 1 is 1.56 bits per heavy atom. The van der Waals surface area contributed by atoms with Gasteiger partial charge in [-0.15, -0.1) is 0 Å². The summed E-state index contributed by atoms with van der Waals surface area (Å²) in [6.07, 6.45) is 2.63. The van der Waals surface area contributed by atoms with E-state index in [2.05, 4.69) is 5.32 Å². The van der Waals surface area contributed by atoms with E-state index in [1.54, 1.807) is 0 Å². The molecule has 1 aromatic carbocycles. The standard InChI is InChI=1S/C13H17FN2O2/c1-18-11-7-9(14)3-4-10(11)16-12(17)13(8-15)5-2-6-13/h3-4,7H,2,5-6,8,15H2,1H3,(H,16,17). The predicted molar refractivity (Wildman–Crippen MR) is 66.9 cm³/mol. The van der Waals surface area contributed by atoms with Crippen LogP contribution in [0.25, 0.3) is 0 Å². The van der Waals surface area contributed by atoms with E-state index < -0.39 is 11.2 Å². The maximum atomic E-state index is 13.0. The van der Waals surface area contributed by atoms with Crippen LogP contribution in [0.5, 0.6) is 5.75 Å². The first-order chi connectivity index (χ1) is 8.61. The van der Waals surface area contributed by atoms with Gasteiger partial charge >= 0.3 is 0 Å². The van der Waals surface area contributed by atoms with Gasteiger partial charge in [0.1, 0.15) is 11.6 Å². The Labute approximate surface area is 105 Å². The number of hydrogen-bond donors (Lipinski definition) is 2. The quantitative estimate of drug-likeness (QED) is 0.860. The lowest BCUT2D eigenvalue weighted by molar-refractivity contribution is -0.129. The second-order valence-corrected chi connectivity index (χ2v) is 4.64. The molecule has 0 atom stereocenters. The summed E-state index contributed by atoms with van der Waals surface area (Å²) in [7, 11) is 1.44. The van der Waals surface area contributed by atoms with Crippen LogP contribution in [-0.4, -0.2) is 19.6 Å². The topological polar surface area (TPSA) is 64.3 Å². The van der Waals surface area contributed by atoms with Gasteiger partial charge in [0, 0.05) is 12.6 Å². The highest BCUT2D eigenvalue weighted by Crippen LogP contribution is 2.41. The number of ether oxygens (including phenoxy) is 1. The zero-order valence-electron chi connectivity index (χ0n) is 10.3. The third-order valence-corrected chi connectivity index (χ3v) is 3.59. The number of anilines is 1. The van der Waals surface area contributed by atoms with Gasteiger partial charge in [-0.1, -0.05) is 6.42 Å². The minimum absolute atomic E-state index is 0.110. The number of methoxy groups -OCH3 is 1. The van der Waals surface area contributed by atoms with Gasteiger partial charge in [0.15, 0.2) is 0 Å². The lowest BCUT2D eigenvalue weighted by Crippen LogP contribution is -2.47. The van der Waals surface area contributed by atoms with Gasteiger partial charge in [0.25, 0.3) is 0 Å². The first-order valence-corrected chi connectivity index (χ1v) is 5.96. The molecule has 5 heteroatoms. The third-order valence-electron chi connectivity index (χ3n) is 3.59. The number of amides is 1. The molecule has 0 spiro atoms. The fourth-order valence-electron chi connectivity index (χ4n) is 2.15. The second kappa shape index (κ2) is 4.94. The Hall–Kier alpha value is -1.62. The molecule has 0 bridgehead atoms. The third kappa shape index (κ3) is 2.18. The smallest absolute Gasteiger partial charge is 0.231 e. The molecule has 0 radical (unpaired) electrons. The summed E-state index contributed by atoms with van der Waals surface area (Å²) in [4.78, 5) is 12.2. The van der Waals surface area contributed by atoms with Crippen molar-refractivity contribution < 1.29 is 13.9 Å². The van der Waals surface area contributed by atoms with E-state index in [1.165, 1.54) is 25.3 Å². The molecule has 4 nitrogen and oxygen atoms in total. The minimum Gasteiger partial charge on any atom is -0.494 e. The molecule has 18 heavy (non-hydrogen) atoms.